The molecule has 1 aliphatic heterocycles. The number of nitrogens with one attached hydrogen (secondary N) is 1. The first kappa shape index (κ1) is 20.8. The van der Waals surface area contributed by atoms with Gasteiger partial charge < -0.3 is 20.3 Å². The van der Waals surface area contributed by atoms with Crippen LogP contribution in [0.3, 0.4) is 0 Å². The van der Waals surface area contributed by atoms with Gasteiger partial charge in [0.1, 0.15) is 24.4 Å². The number of aliphatic hydroxyl groups is 2. The molecule has 0 radical (unpaired) electrons. The van der Waals surface area contributed by atoms with Gasteiger partial charge in [-0.05, 0) is 25.0 Å². The number of aliphatic hydroxyl groups excluding tert-OH is 2. The van der Waals surface area contributed by atoms with E-state index in [1.54, 1.807) is 22.8 Å². The third-order valence-corrected chi connectivity index (χ3v) is 6.07. The highest BCUT2D eigenvalue weighted by Crippen LogP contribution is 2.33. The van der Waals surface area contributed by atoms with Crippen molar-refractivity contribution in [2.75, 3.05) is 5.32 Å². The lowest BCUT2D eigenvalue weighted by atomic mass is 10.1. The molecule has 3 aromatic rings. The molecule has 0 amide bonds. The molecular weight excluding hydrogens is 413 g/mol. The first-order chi connectivity index (χ1) is 15.6. The minimum atomic E-state index is -1.19. The van der Waals surface area contributed by atoms with Crippen LogP contribution in [0.4, 0.5) is 10.2 Å². The Balaban J connectivity index is 1.34. The van der Waals surface area contributed by atoms with Gasteiger partial charge in [-0.2, -0.15) is 0 Å². The molecule has 5 rings (SSSR count). The number of halogens is 1. The van der Waals surface area contributed by atoms with E-state index in [9.17, 15) is 14.6 Å². The number of nitrogens with zero attached hydrogens (tertiary/aromatic N) is 4. The molecule has 0 bridgehead atoms. The Bertz CT molecular complexity index is 1170. The average molecular weight is 437 g/mol. The van der Waals surface area contributed by atoms with E-state index in [1.165, 1.54) is 31.6 Å². The number of fused-ring (bicyclic) bond motifs is 1. The van der Waals surface area contributed by atoms with Crippen molar-refractivity contribution in [3.63, 3.8) is 0 Å². The van der Waals surface area contributed by atoms with Gasteiger partial charge in [-0.1, -0.05) is 36.8 Å². The minimum absolute atomic E-state index is 0.138. The van der Waals surface area contributed by atoms with Crippen LogP contribution in [0.1, 0.15) is 43.9 Å². The third kappa shape index (κ3) is 3.93. The van der Waals surface area contributed by atoms with E-state index in [0.717, 1.165) is 12.8 Å². The Labute approximate surface area is 184 Å². The Hall–Kier alpha value is -3.06. The van der Waals surface area contributed by atoms with Gasteiger partial charge in [0.05, 0.1) is 18.0 Å². The molecular formula is C23H24FN5O3. The third-order valence-electron chi connectivity index (χ3n) is 6.07. The summed E-state index contributed by atoms with van der Waals surface area (Å²) in [5.74, 6) is 5.84. The number of anilines is 1. The van der Waals surface area contributed by atoms with Gasteiger partial charge in [-0.25, -0.2) is 19.3 Å². The zero-order valence-electron chi connectivity index (χ0n) is 17.4. The van der Waals surface area contributed by atoms with Crippen LogP contribution >= 0.6 is 0 Å². The van der Waals surface area contributed by atoms with E-state index in [-0.39, 0.29) is 12.0 Å². The van der Waals surface area contributed by atoms with Crippen LogP contribution in [0.25, 0.3) is 11.2 Å². The Morgan fingerprint density at radius 1 is 1.12 bits per heavy atom. The lowest BCUT2D eigenvalue weighted by Gasteiger charge is -2.17. The maximum absolute atomic E-state index is 13.7. The summed E-state index contributed by atoms with van der Waals surface area (Å²) in [6.45, 7) is 0. The molecule has 1 saturated heterocycles. The van der Waals surface area contributed by atoms with Gasteiger partial charge >= 0.3 is 0 Å². The van der Waals surface area contributed by atoms with Crippen molar-refractivity contribution >= 4 is 17.0 Å². The van der Waals surface area contributed by atoms with Crippen molar-refractivity contribution in [1.82, 2.24) is 19.5 Å². The zero-order chi connectivity index (χ0) is 22.1. The molecule has 4 atom stereocenters. The number of rotatable bonds is 4. The van der Waals surface area contributed by atoms with Crippen LogP contribution in [0.5, 0.6) is 0 Å². The van der Waals surface area contributed by atoms with Gasteiger partial charge in [-0.15, -0.1) is 0 Å². The van der Waals surface area contributed by atoms with Gasteiger partial charge in [0.25, 0.3) is 0 Å². The number of aromatic nitrogens is 4. The fraction of sp³-hybridized carbons (Fsp3) is 0.435. The topological polar surface area (TPSA) is 105 Å². The number of hydrogen-bond donors (Lipinski definition) is 3. The molecule has 9 heteroatoms. The summed E-state index contributed by atoms with van der Waals surface area (Å²) in [6.07, 6.45) is 3.77. The van der Waals surface area contributed by atoms with E-state index in [4.69, 9.17) is 4.74 Å². The van der Waals surface area contributed by atoms with Crippen molar-refractivity contribution in [2.45, 2.75) is 62.7 Å². The highest BCUT2D eigenvalue weighted by molar-refractivity contribution is 5.82. The van der Waals surface area contributed by atoms with E-state index in [1.807, 2.05) is 0 Å². The van der Waals surface area contributed by atoms with Gasteiger partial charge in [0, 0.05) is 12.5 Å². The molecule has 2 fully saturated rings. The van der Waals surface area contributed by atoms with Crippen LogP contribution in [0.2, 0.25) is 0 Å². The SMILES string of the molecule is O[C@@H]1[C@H](O)[C@@H](CC#Cc2ccccc2F)O[C@H]1n1cnc2c(NC3CCCC3)ncnc21. The second-order valence-electron chi connectivity index (χ2n) is 8.20. The average Bonchev–Trinajstić information content (AvgIpc) is 3.52. The zero-order valence-corrected chi connectivity index (χ0v) is 17.4. The summed E-state index contributed by atoms with van der Waals surface area (Å²) in [5, 5.41) is 24.6. The summed E-state index contributed by atoms with van der Waals surface area (Å²) in [6, 6.07) is 6.59. The van der Waals surface area contributed by atoms with Crippen LogP contribution < -0.4 is 5.32 Å². The van der Waals surface area contributed by atoms with Gasteiger partial charge in [0.2, 0.25) is 0 Å². The standard InChI is InChI=1S/C23H24FN5O3/c24-16-10-4-1-6-14(16)7-5-11-17-19(30)20(31)23(32-17)29-13-27-18-21(25-12-26-22(18)29)28-15-8-2-3-9-15/h1,4,6,10,12-13,15,17,19-20,23,30-31H,2-3,8-9,11H2,(H,25,26,28)/t17-,19-,20-,23-/m1/s1. The van der Waals surface area contributed by atoms with E-state index >= 15 is 0 Å². The predicted octanol–water partition coefficient (Wildman–Crippen LogP) is 2.38. The molecule has 1 aromatic carbocycles. The Kier molecular flexibility index (Phi) is 5.74. The van der Waals surface area contributed by atoms with Crippen molar-refractivity contribution < 1.29 is 19.3 Å². The maximum Gasteiger partial charge on any atom is 0.167 e. The Morgan fingerprint density at radius 3 is 2.75 bits per heavy atom. The first-order valence-electron chi connectivity index (χ1n) is 10.8. The summed E-state index contributed by atoms with van der Waals surface area (Å²) < 4.78 is 21.3. The smallest absolute Gasteiger partial charge is 0.167 e. The molecule has 0 unspecified atom stereocenters. The molecule has 0 spiro atoms. The lowest BCUT2D eigenvalue weighted by Crippen LogP contribution is -2.31. The minimum Gasteiger partial charge on any atom is -0.387 e. The quantitative estimate of drug-likeness (QED) is 0.538. The normalized spacial score (nSPS) is 25.7. The first-order valence-corrected chi connectivity index (χ1v) is 10.8. The fourth-order valence-electron chi connectivity index (χ4n) is 4.34. The number of benzene rings is 1. The number of hydrogen-bond acceptors (Lipinski definition) is 7. The summed E-state index contributed by atoms with van der Waals surface area (Å²) in [7, 11) is 0. The van der Waals surface area contributed by atoms with Crippen LogP contribution in [-0.2, 0) is 4.74 Å². The number of ether oxygens (including phenoxy) is 1. The predicted molar refractivity (Wildman–Crippen MR) is 115 cm³/mol. The summed E-state index contributed by atoms with van der Waals surface area (Å²) >= 11 is 0. The molecule has 1 saturated carbocycles. The van der Waals surface area contributed by atoms with Crippen molar-refractivity contribution in [1.29, 1.82) is 0 Å². The molecule has 8 nitrogen and oxygen atoms in total. The second kappa shape index (κ2) is 8.82. The molecule has 3 N–H and O–H groups in total. The molecule has 32 heavy (non-hydrogen) atoms. The second-order valence-corrected chi connectivity index (χ2v) is 8.20. The van der Waals surface area contributed by atoms with Crippen LogP contribution in [0.15, 0.2) is 36.9 Å². The van der Waals surface area contributed by atoms with Crippen molar-refractivity contribution in [3.05, 3.63) is 48.3 Å². The largest absolute Gasteiger partial charge is 0.387 e. The van der Waals surface area contributed by atoms with E-state index in [2.05, 4.69) is 32.1 Å². The molecule has 2 aliphatic rings. The molecule has 2 aromatic heterocycles. The van der Waals surface area contributed by atoms with Gasteiger partial charge in [-0.3, -0.25) is 4.57 Å². The summed E-state index contributed by atoms with van der Waals surface area (Å²) in [5.41, 5.74) is 1.37. The van der Waals surface area contributed by atoms with Gasteiger partial charge in [0.15, 0.2) is 23.2 Å². The molecule has 1 aliphatic carbocycles. The van der Waals surface area contributed by atoms with Crippen molar-refractivity contribution in [2.24, 2.45) is 0 Å². The van der Waals surface area contributed by atoms with Crippen molar-refractivity contribution in [3.8, 4) is 11.8 Å². The van der Waals surface area contributed by atoms with Crippen LogP contribution in [0, 0.1) is 17.7 Å². The van der Waals surface area contributed by atoms with E-state index in [0.29, 0.717) is 23.0 Å². The molecule has 3 heterocycles. The monoisotopic (exact) mass is 437 g/mol. The lowest BCUT2D eigenvalue weighted by molar-refractivity contribution is -0.0332. The Morgan fingerprint density at radius 2 is 1.94 bits per heavy atom. The number of imidazole rings is 1. The van der Waals surface area contributed by atoms with Crippen LogP contribution in [-0.4, -0.2) is 54.1 Å². The highest BCUT2D eigenvalue weighted by atomic mass is 19.1. The van der Waals surface area contributed by atoms with E-state index < -0.39 is 30.4 Å². The summed E-state index contributed by atoms with van der Waals surface area (Å²) in [4.78, 5) is 13.1. The molecule has 166 valence electrons. The maximum atomic E-state index is 13.7. The fourth-order valence-corrected chi connectivity index (χ4v) is 4.34. The highest BCUT2D eigenvalue weighted by Gasteiger charge is 2.44.